The summed E-state index contributed by atoms with van der Waals surface area (Å²) in [6, 6.07) is 18.3. The van der Waals surface area contributed by atoms with Gasteiger partial charge < -0.3 is 0 Å². The van der Waals surface area contributed by atoms with Gasteiger partial charge in [-0.3, -0.25) is 9.36 Å². The summed E-state index contributed by atoms with van der Waals surface area (Å²) in [6.07, 6.45) is 0. The Morgan fingerprint density at radius 1 is 1.00 bits per heavy atom. The highest BCUT2D eigenvalue weighted by Crippen LogP contribution is 2.28. The molecule has 0 unspecified atom stereocenters. The maximum atomic E-state index is 11.9. The molecular formula is C17H15NO. The van der Waals surface area contributed by atoms with Gasteiger partial charge in [-0.2, -0.15) is 0 Å². The van der Waals surface area contributed by atoms with Gasteiger partial charge in [-0.1, -0.05) is 48.0 Å². The molecule has 3 aromatic rings. The highest BCUT2D eigenvalue weighted by molar-refractivity contribution is 5.97. The molecular weight excluding hydrogens is 234 g/mol. The van der Waals surface area contributed by atoms with Gasteiger partial charge in [-0.05, 0) is 24.6 Å². The fourth-order valence-electron chi connectivity index (χ4n) is 2.43. The van der Waals surface area contributed by atoms with E-state index >= 15 is 0 Å². The lowest BCUT2D eigenvalue weighted by molar-refractivity contribution is 0.0943. The first-order valence-electron chi connectivity index (χ1n) is 6.35. The Morgan fingerprint density at radius 2 is 1.68 bits per heavy atom. The summed E-state index contributed by atoms with van der Waals surface area (Å²) in [6.45, 7) is 3.66. The van der Waals surface area contributed by atoms with E-state index in [4.69, 9.17) is 0 Å². The molecule has 0 bridgehead atoms. The van der Waals surface area contributed by atoms with Crippen LogP contribution in [0.1, 0.15) is 17.3 Å². The number of hydrogen-bond acceptors (Lipinski definition) is 1. The molecule has 94 valence electrons. The van der Waals surface area contributed by atoms with Crippen molar-refractivity contribution in [3.63, 3.8) is 0 Å². The maximum absolute atomic E-state index is 11.9. The van der Waals surface area contributed by atoms with E-state index < -0.39 is 0 Å². The number of aryl methyl sites for hydroxylation is 1. The molecule has 1 aromatic heterocycles. The van der Waals surface area contributed by atoms with Gasteiger partial charge in [-0.25, -0.2) is 0 Å². The van der Waals surface area contributed by atoms with Crippen LogP contribution in [-0.2, 0) is 0 Å². The van der Waals surface area contributed by atoms with Crippen LogP contribution in [0.3, 0.4) is 0 Å². The predicted molar refractivity (Wildman–Crippen MR) is 78.4 cm³/mol. The van der Waals surface area contributed by atoms with E-state index in [0.29, 0.717) is 0 Å². The number of nitrogens with zero attached hydrogens (tertiary/aromatic N) is 1. The van der Waals surface area contributed by atoms with Gasteiger partial charge in [0.2, 0.25) is 5.91 Å². The molecule has 3 rings (SSSR count). The lowest BCUT2D eigenvalue weighted by Crippen LogP contribution is -2.06. The molecule has 0 N–H and O–H groups in total. The van der Waals surface area contributed by atoms with Crippen LogP contribution in [-0.4, -0.2) is 10.5 Å². The second-order valence-corrected chi connectivity index (χ2v) is 4.81. The average Bonchev–Trinajstić information content (AvgIpc) is 2.78. The number of rotatable bonds is 1. The lowest BCUT2D eigenvalue weighted by Gasteiger charge is -2.07. The molecule has 19 heavy (non-hydrogen) atoms. The van der Waals surface area contributed by atoms with Crippen LogP contribution in [0.5, 0.6) is 0 Å². The van der Waals surface area contributed by atoms with Gasteiger partial charge in [0.25, 0.3) is 0 Å². The Kier molecular flexibility index (Phi) is 2.71. The number of para-hydroxylation sites is 1. The molecule has 0 atom stereocenters. The third-order valence-electron chi connectivity index (χ3n) is 3.37. The molecule has 0 saturated heterocycles. The van der Waals surface area contributed by atoms with Gasteiger partial charge in [-0.15, -0.1) is 0 Å². The molecule has 0 aliphatic carbocycles. The van der Waals surface area contributed by atoms with E-state index in [9.17, 15) is 4.79 Å². The fraction of sp³-hybridized carbons (Fsp3) is 0.118. The van der Waals surface area contributed by atoms with Crippen molar-refractivity contribution < 1.29 is 4.79 Å². The Labute approximate surface area is 112 Å². The summed E-state index contributed by atoms with van der Waals surface area (Å²) in [5.74, 6) is 0.0387. The number of carbonyl (C=O) groups excluding carboxylic acids is 1. The third-order valence-corrected chi connectivity index (χ3v) is 3.37. The first kappa shape index (κ1) is 11.7. The second kappa shape index (κ2) is 4.39. The Hall–Kier alpha value is -2.35. The Bertz CT molecular complexity index is 751. The fourth-order valence-corrected chi connectivity index (χ4v) is 2.43. The quantitative estimate of drug-likeness (QED) is 0.631. The van der Waals surface area contributed by atoms with Gasteiger partial charge in [0.15, 0.2) is 0 Å². The topological polar surface area (TPSA) is 22.0 Å². The summed E-state index contributed by atoms with van der Waals surface area (Å²) in [7, 11) is 0. The summed E-state index contributed by atoms with van der Waals surface area (Å²) in [5, 5.41) is 1.09. The van der Waals surface area contributed by atoms with Crippen LogP contribution in [0.25, 0.3) is 22.2 Å². The summed E-state index contributed by atoms with van der Waals surface area (Å²) >= 11 is 0. The first-order chi connectivity index (χ1) is 9.16. The van der Waals surface area contributed by atoms with Crippen molar-refractivity contribution in [3.05, 3.63) is 60.2 Å². The zero-order valence-electron chi connectivity index (χ0n) is 11.1. The molecule has 0 aliphatic heterocycles. The highest BCUT2D eigenvalue weighted by Gasteiger charge is 2.12. The normalized spacial score (nSPS) is 10.8. The molecule has 2 heteroatoms. The molecule has 0 saturated carbocycles. The number of fused-ring (bicyclic) bond motifs is 1. The molecule has 2 aromatic carbocycles. The van der Waals surface area contributed by atoms with Gasteiger partial charge >= 0.3 is 0 Å². The lowest BCUT2D eigenvalue weighted by atomic mass is 10.1. The zero-order valence-corrected chi connectivity index (χ0v) is 11.1. The van der Waals surface area contributed by atoms with Crippen molar-refractivity contribution >= 4 is 16.8 Å². The van der Waals surface area contributed by atoms with Gasteiger partial charge in [0.05, 0.1) is 11.2 Å². The maximum Gasteiger partial charge on any atom is 0.228 e. The van der Waals surface area contributed by atoms with E-state index in [0.717, 1.165) is 22.2 Å². The van der Waals surface area contributed by atoms with Crippen LogP contribution < -0.4 is 0 Å². The largest absolute Gasteiger partial charge is 0.280 e. The summed E-state index contributed by atoms with van der Waals surface area (Å²) < 4.78 is 1.78. The van der Waals surface area contributed by atoms with Crippen LogP contribution >= 0.6 is 0 Å². The minimum absolute atomic E-state index is 0.0387. The molecule has 0 amide bonds. The number of benzene rings is 2. The smallest absolute Gasteiger partial charge is 0.228 e. The van der Waals surface area contributed by atoms with Gasteiger partial charge in [0.1, 0.15) is 0 Å². The van der Waals surface area contributed by atoms with Crippen LogP contribution in [0, 0.1) is 6.92 Å². The van der Waals surface area contributed by atoms with Crippen LogP contribution in [0.2, 0.25) is 0 Å². The monoisotopic (exact) mass is 249 g/mol. The van der Waals surface area contributed by atoms with E-state index in [2.05, 4.69) is 37.3 Å². The second-order valence-electron chi connectivity index (χ2n) is 4.81. The molecule has 0 aliphatic rings. The zero-order chi connectivity index (χ0) is 13.4. The predicted octanol–water partition coefficient (Wildman–Crippen LogP) is 4.28. The van der Waals surface area contributed by atoms with Crippen molar-refractivity contribution in [3.8, 4) is 11.3 Å². The van der Waals surface area contributed by atoms with E-state index in [1.807, 2.05) is 24.3 Å². The highest BCUT2D eigenvalue weighted by atomic mass is 16.1. The first-order valence-corrected chi connectivity index (χ1v) is 6.35. The van der Waals surface area contributed by atoms with Crippen molar-refractivity contribution in [2.45, 2.75) is 13.8 Å². The Balaban J connectivity index is 2.31. The van der Waals surface area contributed by atoms with Gasteiger partial charge in [0, 0.05) is 12.3 Å². The van der Waals surface area contributed by atoms with Crippen LogP contribution in [0.15, 0.2) is 54.6 Å². The van der Waals surface area contributed by atoms with Crippen molar-refractivity contribution in [2.75, 3.05) is 0 Å². The Morgan fingerprint density at radius 3 is 2.37 bits per heavy atom. The minimum atomic E-state index is 0.0387. The average molecular weight is 249 g/mol. The SMILES string of the molecule is CC(=O)n1c(-c2ccc(C)cc2)cc2ccccc21. The van der Waals surface area contributed by atoms with Crippen molar-refractivity contribution in [1.82, 2.24) is 4.57 Å². The minimum Gasteiger partial charge on any atom is -0.280 e. The molecule has 1 heterocycles. The molecule has 2 nitrogen and oxygen atoms in total. The molecule has 0 spiro atoms. The number of aromatic nitrogens is 1. The molecule has 0 radical (unpaired) electrons. The summed E-state index contributed by atoms with van der Waals surface area (Å²) in [5.41, 5.74) is 4.20. The standard InChI is InChI=1S/C17H15NO/c1-12-7-9-14(10-8-12)17-11-15-5-3-4-6-16(15)18(17)13(2)19/h3-11H,1-2H3. The third kappa shape index (κ3) is 1.95. The van der Waals surface area contributed by atoms with Crippen molar-refractivity contribution in [1.29, 1.82) is 0 Å². The van der Waals surface area contributed by atoms with E-state index in [1.165, 1.54) is 5.56 Å². The number of carbonyl (C=O) groups is 1. The molecule has 0 fully saturated rings. The van der Waals surface area contributed by atoms with E-state index in [-0.39, 0.29) is 5.91 Å². The number of hydrogen-bond donors (Lipinski definition) is 0. The van der Waals surface area contributed by atoms with E-state index in [1.54, 1.807) is 11.5 Å². The van der Waals surface area contributed by atoms with Crippen molar-refractivity contribution in [2.24, 2.45) is 0 Å². The summed E-state index contributed by atoms with van der Waals surface area (Å²) in [4.78, 5) is 11.9. The van der Waals surface area contributed by atoms with Crippen LogP contribution in [0.4, 0.5) is 0 Å².